The Balaban J connectivity index is 2.72. The summed E-state index contributed by atoms with van der Waals surface area (Å²) in [7, 11) is 1.61. The average Bonchev–Trinajstić information content (AvgIpc) is 2.48. The van der Waals surface area contributed by atoms with Crippen LogP contribution >= 0.6 is 0 Å². The van der Waals surface area contributed by atoms with Crippen LogP contribution in [-0.4, -0.2) is 55.1 Å². The van der Waals surface area contributed by atoms with E-state index in [2.05, 4.69) is 11.8 Å². The van der Waals surface area contributed by atoms with Crippen molar-refractivity contribution in [3.8, 4) is 11.8 Å². The lowest BCUT2D eigenvalue weighted by Crippen LogP contribution is -2.30. The standard InChI is InChI=1S/C16H22FNO3/c1-21-11-8-18(7-10-20)13-15-6-5-14(12-16(15)17)4-2-3-9-19/h5-6,12,19-20H,3,7-11,13H2,1H3. The van der Waals surface area contributed by atoms with Crippen molar-refractivity contribution >= 4 is 0 Å². The van der Waals surface area contributed by atoms with Crippen LogP contribution in [0.15, 0.2) is 18.2 Å². The molecule has 0 fully saturated rings. The van der Waals surface area contributed by atoms with Crippen molar-refractivity contribution in [2.45, 2.75) is 13.0 Å². The molecule has 0 heterocycles. The van der Waals surface area contributed by atoms with Crippen molar-refractivity contribution in [2.75, 3.05) is 40.0 Å². The predicted molar refractivity (Wildman–Crippen MR) is 79.2 cm³/mol. The number of rotatable bonds is 8. The van der Waals surface area contributed by atoms with Crippen molar-refractivity contribution < 1.29 is 19.3 Å². The number of nitrogens with zero attached hydrogens (tertiary/aromatic N) is 1. The maximum Gasteiger partial charge on any atom is 0.128 e. The molecule has 0 unspecified atom stereocenters. The second kappa shape index (κ2) is 10.3. The van der Waals surface area contributed by atoms with Gasteiger partial charge in [0.05, 0.1) is 19.8 Å². The van der Waals surface area contributed by atoms with Crippen molar-refractivity contribution in [3.63, 3.8) is 0 Å². The summed E-state index contributed by atoms with van der Waals surface area (Å²) >= 11 is 0. The highest BCUT2D eigenvalue weighted by Gasteiger charge is 2.09. The van der Waals surface area contributed by atoms with Gasteiger partial charge in [0.2, 0.25) is 0 Å². The van der Waals surface area contributed by atoms with Gasteiger partial charge in [0.15, 0.2) is 0 Å². The fourth-order valence-corrected chi connectivity index (χ4v) is 1.85. The van der Waals surface area contributed by atoms with Gasteiger partial charge in [0, 0.05) is 44.3 Å². The zero-order valence-electron chi connectivity index (χ0n) is 12.3. The van der Waals surface area contributed by atoms with E-state index < -0.39 is 0 Å². The molecular weight excluding hydrogens is 273 g/mol. The Kier molecular flexibility index (Phi) is 8.63. The van der Waals surface area contributed by atoms with E-state index in [1.165, 1.54) is 6.07 Å². The van der Waals surface area contributed by atoms with Crippen molar-refractivity contribution in [1.82, 2.24) is 4.90 Å². The minimum absolute atomic E-state index is 0.00316. The Morgan fingerprint density at radius 1 is 1.24 bits per heavy atom. The molecule has 4 nitrogen and oxygen atoms in total. The quantitative estimate of drug-likeness (QED) is 0.703. The largest absolute Gasteiger partial charge is 0.395 e. The van der Waals surface area contributed by atoms with Crippen molar-refractivity contribution in [2.24, 2.45) is 0 Å². The topological polar surface area (TPSA) is 52.9 Å². The number of aliphatic hydroxyl groups is 2. The zero-order chi connectivity index (χ0) is 15.5. The van der Waals surface area contributed by atoms with Crippen molar-refractivity contribution in [3.05, 3.63) is 35.1 Å². The minimum atomic E-state index is -0.314. The Morgan fingerprint density at radius 2 is 2.05 bits per heavy atom. The van der Waals surface area contributed by atoms with E-state index in [-0.39, 0.29) is 19.0 Å². The summed E-state index contributed by atoms with van der Waals surface area (Å²) < 4.78 is 19.0. The first-order valence-electron chi connectivity index (χ1n) is 6.91. The Labute approximate surface area is 125 Å². The molecule has 0 amide bonds. The number of halogens is 1. The summed E-state index contributed by atoms with van der Waals surface area (Å²) in [6, 6.07) is 4.86. The molecular formula is C16H22FNO3. The smallest absolute Gasteiger partial charge is 0.128 e. The van der Waals surface area contributed by atoms with Crippen LogP contribution in [0, 0.1) is 17.7 Å². The summed E-state index contributed by atoms with van der Waals surface area (Å²) in [6.07, 6.45) is 0.380. The summed E-state index contributed by atoms with van der Waals surface area (Å²) in [5.41, 5.74) is 1.16. The first-order chi connectivity index (χ1) is 10.2. The van der Waals surface area contributed by atoms with Gasteiger partial charge in [-0.2, -0.15) is 0 Å². The van der Waals surface area contributed by atoms with Crippen molar-refractivity contribution in [1.29, 1.82) is 0 Å². The highest BCUT2D eigenvalue weighted by atomic mass is 19.1. The lowest BCUT2D eigenvalue weighted by Gasteiger charge is -2.21. The highest BCUT2D eigenvalue weighted by molar-refractivity contribution is 5.37. The third kappa shape index (κ3) is 6.69. The molecule has 0 bridgehead atoms. The molecule has 0 aliphatic rings. The first-order valence-corrected chi connectivity index (χ1v) is 6.91. The molecule has 0 spiro atoms. The molecule has 0 aliphatic carbocycles. The van der Waals surface area contributed by atoms with Gasteiger partial charge in [-0.1, -0.05) is 17.9 Å². The third-order valence-electron chi connectivity index (χ3n) is 2.94. The number of hydrogen-bond donors (Lipinski definition) is 2. The average molecular weight is 295 g/mol. The van der Waals surface area contributed by atoms with Gasteiger partial charge >= 0.3 is 0 Å². The first kappa shape index (κ1) is 17.6. The summed E-state index contributed by atoms with van der Waals surface area (Å²) in [4.78, 5) is 1.93. The predicted octanol–water partition coefficient (Wildman–Crippen LogP) is 1.00. The molecule has 116 valence electrons. The molecule has 0 saturated carbocycles. The van der Waals surface area contributed by atoms with Crippen LogP contribution < -0.4 is 0 Å². The van der Waals surface area contributed by atoms with E-state index in [1.807, 2.05) is 4.90 Å². The lowest BCUT2D eigenvalue weighted by molar-refractivity contribution is 0.126. The zero-order valence-corrected chi connectivity index (χ0v) is 12.3. The molecule has 5 heteroatoms. The van der Waals surface area contributed by atoms with E-state index in [0.29, 0.717) is 43.8 Å². The number of aliphatic hydroxyl groups excluding tert-OH is 2. The van der Waals surface area contributed by atoms with Crippen LogP contribution in [0.1, 0.15) is 17.5 Å². The Morgan fingerprint density at radius 3 is 2.67 bits per heavy atom. The molecule has 1 aromatic carbocycles. The van der Waals surface area contributed by atoms with Gasteiger partial charge in [0.1, 0.15) is 5.82 Å². The van der Waals surface area contributed by atoms with Gasteiger partial charge in [-0.05, 0) is 12.1 Å². The number of ether oxygens (including phenoxy) is 1. The second-order valence-corrected chi connectivity index (χ2v) is 4.57. The maximum absolute atomic E-state index is 14.0. The van der Waals surface area contributed by atoms with Gasteiger partial charge in [0.25, 0.3) is 0 Å². The fourth-order valence-electron chi connectivity index (χ4n) is 1.85. The van der Waals surface area contributed by atoms with Gasteiger partial charge in [-0.25, -0.2) is 4.39 Å². The monoisotopic (exact) mass is 295 g/mol. The van der Waals surface area contributed by atoms with E-state index in [4.69, 9.17) is 14.9 Å². The molecule has 0 aliphatic heterocycles. The molecule has 21 heavy (non-hydrogen) atoms. The molecule has 0 saturated heterocycles. The summed E-state index contributed by atoms with van der Waals surface area (Å²) in [5, 5.41) is 17.7. The lowest BCUT2D eigenvalue weighted by atomic mass is 10.1. The fraction of sp³-hybridized carbons (Fsp3) is 0.500. The van der Waals surface area contributed by atoms with Crippen LogP contribution in [0.25, 0.3) is 0 Å². The molecule has 2 N–H and O–H groups in total. The SMILES string of the molecule is COCCN(CCO)Cc1ccc(C#CCCO)cc1F. The number of methoxy groups -OCH3 is 1. The van der Waals surface area contributed by atoms with Gasteiger partial charge < -0.3 is 14.9 Å². The van der Waals surface area contributed by atoms with Gasteiger partial charge in [-0.15, -0.1) is 0 Å². The van der Waals surface area contributed by atoms with Crippen LogP contribution in [-0.2, 0) is 11.3 Å². The van der Waals surface area contributed by atoms with Crippen LogP contribution in [0.4, 0.5) is 4.39 Å². The molecule has 1 aromatic rings. The van der Waals surface area contributed by atoms with Crippen LogP contribution in [0.2, 0.25) is 0 Å². The third-order valence-corrected chi connectivity index (χ3v) is 2.94. The molecule has 1 rings (SSSR count). The number of benzene rings is 1. The minimum Gasteiger partial charge on any atom is -0.395 e. The van der Waals surface area contributed by atoms with E-state index in [9.17, 15) is 4.39 Å². The normalized spacial score (nSPS) is 10.5. The van der Waals surface area contributed by atoms with E-state index >= 15 is 0 Å². The Bertz CT molecular complexity index is 482. The maximum atomic E-state index is 14.0. The van der Waals surface area contributed by atoms with Crippen LogP contribution in [0.5, 0.6) is 0 Å². The second-order valence-electron chi connectivity index (χ2n) is 4.57. The highest BCUT2D eigenvalue weighted by Crippen LogP contribution is 2.12. The summed E-state index contributed by atoms with van der Waals surface area (Å²) in [5.74, 6) is 5.25. The number of hydrogen-bond acceptors (Lipinski definition) is 4. The Hall–Kier alpha value is -1.45. The van der Waals surface area contributed by atoms with E-state index in [1.54, 1.807) is 19.2 Å². The molecule has 0 atom stereocenters. The van der Waals surface area contributed by atoms with E-state index in [0.717, 1.165) is 0 Å². The molecule has 0 radical (unpaired) electrons. The van der Waals surface area contributed by atoms with Gasteiger partial charge in [-0.3, -0.25) is 4.90 Å². The molecule has 0 aromatic heterocycles. The van der Waals surface area contributed by atoms with Crippen LogP contribution in [0.3, 0.4) is 0 Å². The summed E-state index contributed by atoms with van der Waals surface area (Å²) in [6.45, 7) is 2.08.